The Morgan fingerprint density at radius 3 is 3.31 bits per heavy atom. The van der Waals surface area contributed by atoms with Gasteiger partial charge in [0.2, 0.25) is 0 Å². The normalized spacial score (nSPS) is 12.9. The van der Waals surface area contributed by atoms with Gasteiger partial charge in [0.05, 0.1) is 10.6 Å². The van der Waals surface area contributed by atoms with E-state index in [0.29, 0.717) is 6.61 Å². The molecule has 0 unspecified atom stereocenters. The molecule has 63 valence electrons. The smallest absolute Gasteiger partial charge is 0.153 e. The van der Waals surface area contributed by atoms with Crippen LogP contribution >= 0.6 is 11.3 Å². The molecule has 0 atom stereocenters. The molecule has 3 rings (SSSR count). The molecule has 0 spiro atoms. The van der Waals surface area contributed by atoms with Crippen molar-refractivity contribution in [2.24, 2.45) is 0 Å². The summed E-state index contributed by atoms with van der Waals surface area (Å²) >= 11 is 1.53. The monoisotopic (exact) mass is 188 g/mol. The van der Waals surface area contributed by atoms with Gasteiger partial charge in [-0.05, 0) is 12.1 Å². The zero-order valence-corrected chi connectivity index (χ0v) is 7.60. The number of para-hydroxylation sites is 1. The van der Waals surface area contributed by atoms with Crippen LogP contribution in [0, 0.1) is 5.51 Å². The van der Waals surface area contributed by atoms with Gasteiger partial charge in [-0.1, -0.05) is 12.1 Å². The molecule has 3 heteroatoms. The molecule has 1 aliphatic rings. The molecule has 2 heterocycles. The van der Waals surface area contributed by atoms with E-state index >= 15 is 0 Å². The highest BCUT2D eigenvalue weighted by Gasteiger charge is 2.18. The first-order valence-corrected chi connectivity index (χ1v) is 4.85. The number of fused-ring (bicyclic) bond motifs is 3. The van der Waals surface area contributed by atoms with E-state index < -0.39 is 0 Å². The topological polar surface area (TPSA) is 22.1 Å². The first kappa shape index (κ1) is 7.09. The van der Waals surface area contributed by atoms with Crippen molar-refractivity contribution < 1.29 is 4.74 Å². The third-order valence-corrected chi connectivity index (χ3v) is 2.83. The van der Waals surface area contributed by atoms with Crippen LogP contribution in [0.3, 0.4) is 0 Å². The van der Waals surface area contributed by atoms with E-state index in [4.69, 9.17) is 4.74 Å². The second kappa shape index (κ2) is 2.57. The minimum atomic E-state index is 0.632. The van der Waals surface area contributed by atoms with Crippen molar-refractivity contribution in [1.82, 2.24) is 4.98 Å². The fourth-order valence-electron chi connectivity index (χ4n) is 1.47. The van der Waals surface area contributed by atoms with Gasteiger partial charge >= 0.3 is 0 Å². The van der Waals surface area contributed by atoms with Gasteiger partial charge in [0.25, 0.3) is 0 Å². The molecule has 0 amide bonds. The zero-order chi connectivity index (χ0) is 8.67. The molecule has 0 N–H and O–H groups in total. The highest BCUT2D eigenvalue weighted by molar-refractivity contribution is 7.09. The Morgan fingerprint density at radius 2 is 2.31 bits per heavy atom. The SMILES string of the molecule is [c]1nc2c(s1)COc1ccccc1-2. The van der Waals surface area contributed by atoms with Crippen molar-refractivity contribution in [1.29, 1.82) is 0 Å². The summed E-state index contributed by atoms with van der Waals surface area (Å²) in [6.07, 6.45) is 0. The second-order valence-electron chi connectivity index (χ2n) is 2.86. The predicted molar refractivity (Wildman–Crippen MR) is 50.7 cm³/mol. The van der Waals surface area contributed by atoms with E-state index in [9.17, 15) is 0 Å². The van der Waals surface area contributed by atoms with Crippen LogP contribution in [0.25, 0.3) is 11.3 Å². The van der Waals surface area contributed by atoms with Crippen LogP contribution in [0.15, 0.2) is 24.3 Å². The predicted octanol–water partition coefficient (Wildman–Crippen LogP) is 2.50. The summed E-state index contributed by atoms with van der Waals surface area (Å²) in [4.78, 5) is 5.38. The first-order valence-electron chi connectivity index (χ1n) is 4.03. The molecule has 0 saturated heterocycles. The Morgan fingerprint density at radius 1 is 1.38 bits per heavy atom. The van der Waals surface area contributed by atoms with E-state index in [0.717, 1.165) is 17.0 Å². The molecular formula is C10H6NOS. The number of nitrogens with zero attached hydrogens (tertiary/aromatic N) is 1. The number of ether oxygens (including phenoxy) is 1. The van der Waals surface area contributed by atoms with Crippen molar-refractivity contribution in [3.05, 3.63) is 34.7 Å². The van der Waals surface area contributed by atoms with Crippen LogP contribution in [0.1, 0.15) is 4.88 Å². The quantitative estimate of drug-likeness (QED) is 0.633. The minimum absolute atomic E-state index is 0.632. The summed E-state index contributed by atoms with van der Waals surface area (Å²) in [7, 11) is 0. The Kier molecular flexibility index (Phi) is 1.40. The molecule has 1 aromatic carbocycles. The number of aromatic nitrogens is 1. The number of benzene rings is 1. The molecule has 0 aliphatic carbocycles. The second-order valence-corrected chi connectivity index (χ2v) is 3.74. The summed E-state index contributed by atoms with van der Waals surface area (Å²) in [6.45, 7) is 0.632. The molecule has 0 saturated carbocycles. The maximum Gasteiger partial charge on any atom is 0.153 e. The zero-order valence-electron chi connectivity index (χ0n) is 6.78. The van der Waals surface area contributed by atoms with Gasteiger partial charge in [-0.25, -0.2) is 4.98 Å². The van der Waals surface area contributed by atoms with Gasteiger partial charge in [-0.15, -0.1) is 11.3 Å². The van der Waals surface area contributed by atoms with Gasteiger partial charge in [-0.2, -0.15) is 0 Å². The van der Waals surface area contributed by atoms with Crippen LogP contribution in [0.4, 0.5) is 0 Å². The average molecular weight is 188 g/mol. The van der Waals surface area contributed by atoms with E-state index in [1.54, 1.807) is 0 Å². The molecule has 0 fully saturated rings. The lowest BCUT2D eigenvalue weighted by molar-refractivity contribution is 0.305. The average Bonchev–Trinajstić information content (AvgIpc) is 2.65. The molecule has 2 aromatic rings. The number of rotatable bonds is 0. The lowest BCUT2D eigenvalue weighted by Gasteiger charge is -2.15. The summed E-state index contributed by atoms with van der Waals surface area (Å²) < 4.78 is 5.56. The van der Waals surface area contributed by atoms with Crippen LogP contribution in [-0.4, -0.2) is 4.98 Å². The summed E-state index contributed by atoms with van der Waals surface area (Å²) in [6, 6.07) is 7.97. The highest BCUT2D eigenvalue weighted by Crippen LogP contribution is 2.37. The molecule has 2 nitrogen and oxygen atoms in total. The number of thiazole rings is 1. The van der Waals surface area contributed by atoms with Gasteiger partial charge < -0.3 is 4.74 Å². The van der Waals surface area contributed by atoms with Crippen molar-refractivity contribution in [3.8, 4) is 17.0 Å². The van der Waals surface area contributed by atoms with Gasteiger partial charge in [0.15, 0.2) is 5.51 Å². The van der Waals surface area contributed by atoms with E-state index in [-0.39, 0.29) is 0 Å². The molecule has 1 aromatic heterocycles. The minimum Gasteiger partial charge on any atom is -0.487 e. The van der Waals surface area contributed by atoms with Gasteiger partial charge in [0.1, 0.15) is 12.4 Å². The maximum absolute atomic E-state index is 5.56. The van der Waals surface area contributed by atoms with Crippen LogP contribution < -0.4 is 4.74 Å². The van der Waals surface area contributed by atoms with E-state index in [1.807, 2.05) is 24.3 Å². The van der Waals surface area contributed by atoms with Crippen molar-refractivity contribution in [2.45, 2.75) is 6.61 Å². The molecular weight excluding hydrogens is 182 g/mol. The maximum atomic E-state index is 5.56. The van der Waals surface area contributed by atoms with Crippen molar-refractivity contribution >= 4 is 11.3 Å². The lowest BCUT2D eigenvalue weighted by atomic mass is 10.1. The Labute approximate surface area is 79.8 Å². The Bertz CT molecular complexity index is 450. The molecule has 1 radical (unpaired) electrons. The van der Waals surface area contributed by atoms with E-state index in [1.165, 1.54) is 16.2 Å². The largest absolute Gasteiger partial charge is 0.487 e. The third-order valence-electron chi connectivity index (χ3n) is 2.09. The molecule has 1 aliphatic heterocycles. The van der Waals surface area contributed by atoms with Crippen molar-refractivity contribution in [2.75, 3.05) is 0 Å². The van der Waals surface area contributed by atoms with Gasteiger partial charge in [-0.3, -0.25) is 0 Å². The van der Waals surface area contributed by atoms with Gasteiger partial charge in [0, 0.05) is 5.56 Å². The Hall–Kier alpha value is -1.35. The molecule has 13 heavy (non-hydrogen) atoms. The van der Waals surface area contributed by atoms with E-state index in [2.05, 4.69) is 10.5 Å². The molecule has 0 bridgehead atoms. The lowest BCUT2D eigenvalue weighted by Crippen LogP contribution is -2.02. The van der Waals surface area contributed by atoms with Crippen molar-refractivity contribution in [3.63, 3.8) is 0 Å². The van der Waals surface area contributed by atoms with Crippen LogP contribution in [0.5, 0.6) is 5.75 Å². The number of hydrogen-bond donors (Lipinski definition) is 0. The highest BCUT2D eigenvalue weighted by atomic mass is 32.1. The Balaban J connectivity index is 2.30. The third kappa shape index (κ3) is 0.971. The summed E-state index contributed by atoms with van der Waals surface area (Å²) in [5, 5.41) is 0. The fraction of sp³-hybridized carbons (Fsp3) is 0.100. The van der Waals surface area contributed by atoms with Crippen LogP contribution in [0.2, 0.25) is 0 Å². The standard InChI is InChI=1S/C10H6NOS/c1-2-4-8-7(3-1)10-9(5-12-8)13-6-11-10/h1-4H,5H2. The first-order chi connectivity index (χ1) is 6.45. The summed E-state index contributed by atoms with van der Waals surface area (Å²) in [5.74, 6) is 0.925. The van der Waals surface area contributed by atoms with Crippen LogP contribution in [-0.2, 0) is 6.61 Å². The fourth-order valence-corrected chi connectivity index (χ4v) is 2.09. The summed E-state index contributed by atoms with van der Waals surface area (Å²) in [5.41, 5.74) is 5.01. The number of hydrogen-bond acceptors (Lipinski definition) is 3.